The average Bonchev–Trinajstić information content (AvgIpc) is 2.30. The first kappa shape index (κ1) is 11.2. The maximum absolute atomic E-state index is 11.5. The predicted molar refractivity (Wildman–Crippen MR) is 57.6 cm³/mol. The van der Waals surface area contributed by atoms with Crippen molar-refractivity contribution in [3.8, 4) is 0 Å². The molecule has 74 valence electrons. The Hall–Kier alpha value is 0.0900. The second kappa shape index (κ2) is 4.08. The molecule has 3 nitrogen and oxygen atoms in total. The van der Waals surface area contributed by atoms with Crippen molar-refractivity contribution in [1.29, 1.82) is 0 Å². The van der Waals surface area contributed by atoms with Gasteiger partial charge in [0.1, 0.15) is 4.21 Å². The van der Waals surface area contributed by atoms with Crippen LogP contribution in [-0.2, 0) is 10.0 Å². The first-order valence-corrected chi connectivity index (χ1v) is 6.82. The maximum atomic E-state index is 11.5. The summed E-state index contributed by atoms with van der Waals surface area (Å²) in [6.07, 6.45) is 0. The molecule has 1 aromatic heterocycles. The SMILES string of the molecule is CCNS(=O)(=O)c1sc(C)cc1Br. The van der Waals surface area contributed by atoms with Crippen LogP contribution in [0.4, 0.5) is 0 Å². The van der Waals surface area contributed by atoms with Gasteiger partial charge in [-0.05, 0) is 28.9 Å². The smallest absolute Gasteiger partial charge is 0.211 e. The summed E-state index contributed by atoms with van der Waals surface area (Å²) in [7, 11) is -3.30. The lowest BCUT2D eigenvalue weighted by Gasteiger charge is -2.00. The molecule has 0 spiro atoms. The average molecular weight is 284 g/mol. The molecular weight excluding hydrogens is 274 g/mol. The Morgan fingerprint density at radius 1 is 1.62 bits per heavy atom. The topological polar surface area (TPSA) is 46.2 Å². The normalized spacial score (nSPS) is 11.9. The van der Waals surface area contributed by atoms with Crippen molar-refractivity contribution in [2.75, 3.05) is 6.54 Å². The summed E-state index contributed by atoms with van der Waals surface area (Å²) in [5.74, 6) is 0. The van der Waals surface area contributed by atoms with E-state index in [0.29, 0.717) is 15.2 Å². The summed E-state index contributed by atoms with van der Waals surface area (Å²) < 4.78 is 26.5. The Kier molecular flexibility index (Phi) is 3.50. The van der Waals surface area contributed by atoms with Gasteiger partial charge in [-0.25, -0.2) is 13.1 Å². The van der Waals surface area contributed by atoms with Gasteiger partial charge in [0.05, 0.1) is 0 Å². The number of hydrogen-bond donors (Lipinski definition) is 1. The molecule has 0 aliphatic carbocycles. The number of aryl methyl sites for hydroxylation is 1. The first-order valence-electron chi connectivity index (χ1n) is 3.73. The Labute approximate surface area is 90.3 Å². The van der Waals surface area contributed by atoms with E-state index in [1.165, 1.54) is 11.3 Å². The lowest BCUT2D eigenvalue weighted by atomic mass is 10.5. The van der Waals surface area contributed by atoms with E-state index in [-0.39, 0.29) is 0 Å². The van der Waals surface area contributed by atoms with E-state index in [4.69, 9.17) is 0 Å². The fourth-order valence-electron chi connectivity index (χ4n) is 0.901. The first-order chi connectivity index (χ1) is 5.97. The molecule has 1 aromatic rings. The zero-order valence-electron chi connectivity index (χ0n) is 7.30. The lowest BCUT2D eigenvalue weighted by molar-refractivity contribution is 0.585. The fraction of sp³-hybridized carbons (Fsp3) is 0.429. The van der Waals surface area contributed by atoms with Crippen molar-refractivity contribution in [3.63, 3.8) is 0 Å². The predicted octanol–water partition coefficient (Wildman–Crippen LogP) is 2.12. The minimum atomic E-state index is -3.30. The van der Waals surface area contributed by atoms with Crippen molar-refractivity contribution < 1.29 is 8.42 Å². The Balaban J connectivity index is 3.14. The minimum absolute atomic E-state index is 0.354. The molecule has 0 aromatic carbocycles. The van der Waals surface area contributed by atoms with Gasteiger partial charge < -0.3 is 0 Å². The highest BCUT2D eigenvalue weighted by molar-refractivity contribution is 9.10. The van der Waals surface area contributed by atoms with Crippen molar-refractivity contribution in [2.24, 2.45) is 0 Å². The second-order valence-corrected chi connectivity index (χ2v) is 6.57. The summed E-state index contributed by atoms with van der Waals surface area (Å²) in [5.41, 5.74) is 0. The summed E-state index contributed by atoms with van der Waals surface area (Å²) in [4.78, 5) is 0.975. The van der Waals surface area contributed by atoms with Gasteiger partial charge in [-0.1, -0.05) is 6.92 Å². The van der Waals surface area contributed by atoms with Crippen molar-refractivity contribution in [2.45, 2.75) is 18.1 Å². The van der Waals surface area contributed by atoms with Crippen LogP contribution in [-0.4, -0.2) is 15.0 Å². The van der Waals surface area contributed by atoms with Gasteiger partial charge >= 0.3 is 0 Å². The third-order valence-corrected chi connectivity index (χ3v) is 5.64. The molecule has 0 bridgehead atoms. The van der Waals surface area contributed by atoms with Crippen LogP contribution in [0.25, 0.3) is 0 Å². The summed E-state index contributed by atoms with van der Waals surface area (Å²) in [6.45, 7) is 4.04. The third-order valence-electron chi connectivity index (χ3n) is 1.36. The highest BCUT2D eigenvalue weighted by Crippen LogP contribution is 2.30. The largest absolute Gasteiger partial charge is 0.251 e. The number of halogens is 1. The molecule has 1 N–H and O–H groups in total. The molecule has 0 saturated heterocycles. The number of sulfonamides is 1. The van der Waals surface area contributed by atoms with Crippen LogP contribution in [0.15, 0.2) is 14.7 Å². The van der Waals surface area contributed by atoms with E-state index in [0.717, 1.165) is 4.88 Å². The van der Waals surface area contributed by atoms with E-state index in [9.17, 15) is 8.42 Å². The standard InChI is InChI=1S/C7H10BrNO2S2/c1-3-9-13(10,11)7-6(8)4-5(2)12-7/h4,9H,3H2,1-2H3. The van der Waals surface area contributed by atoms with E-state index in [1.807, 2.05) is 6.92 Å². The monoisotopic (exact) mass is 283 g/mol. The molecule has 0 aliphatic heterocycles. The summed E-state index contributed by atoms with van der Waals surface area (Å²) in [6, 6.07) is 1.80. The van der Waals surface area contributed by atoms with Crippen LogP contribution in [0.1, 0.15) is 11.8 Å². The van der Waals surface area contributed by atoms with Crippen LogP contribution in [0, 0.1) is 6.92 Å². The molecule has 0 fully saturated rings. The van der Waals surface area contributed by atoms with Gasteiger partial charge in [-0.2, -0.15) is 0 Å². The molecular formula is C7H10BrNO2S2. The zero-order valence-corrected chi connectivity index (χ0v) is 10.5. The number of nitrogens with one attached hydrogen (secondary N) is 1. The quantitative estimate of drug-likeness (QED) is 0.924. The van der Waals surface area contributed by atoms with Gasteiger partial charge in [0.15, 0.2) is 0 Å². The van der Waals surface area contributed by atoms with Gasteiger partial charge in [-0.3, -0.25) is 0 Å². The van der Waals surface area contributed by atoms with Gasteiger partial charge in [0, 0.05) is 15.9 Å². The molecule has 0 saturated carbocycles. The van der Waals surface area contributed by atoms with Crippen LogP contribution >= 0.6 is 27.3 Å². The van der Waals surface area contributed by atoms with Gasteiger partial charge in [0.2, 0.25) is 0 Å². The highest BCUT2D eigenvalue weighted by atomic mass is 79.9. The zero-order chi connectivity index (χ0) is 10.1. The minimum Gasteiger partial charge on any atom is -0.211 e. The number of thiophene rings is 1. The van der Waals surface area contributed by atoms with E-state index < -0.39 is 10.0 Å². The Morgan fingerprint density at radius 2 is 2.23 bits per heavy atom. The van der Waals surface area contributed by atoms with Gasteiger partial charge in [-0.15, -0.1) is 11.3 Å². The number of rotatable bonds is 3. The second-order valence-electron chi connectivity index (χ2n) is 2.49. The van der Waals surface area contributed by atoms with Crippen molar-refractivity contribution >= 4 is 37.3 Å². The fourth-order valence-corrected chi connectivity index (χ4v) is 4.74. The summed E-state index contributed by atoms with van der Waals surface area (Å²) >= 11 is 4.48. The van der Waals surface area contributed by atoms with E-state index in [1.54, 1.807) is 13.0 Å². The van der Waals surface area contributed by atoms with Crippen molar-refractivity contribution in [3.05, 3.63) is 15.4 Å². The van der Waals surface area contributed by atoms with Crippen LogP contribution < -0.4 is 4.72 Å². The van der Waals surface area contributed by atoms with Crippen LogP contribution in [0.3, 0.4) is 0 Å². The van der Waals surface area contributed by atoms with E-state index in [2.05, 4.69) is 20.7 Å². The molecule has 0 amide bonds. The van der Waals surface area contributed by atoms with Gasteiger partial charge in [0.25, 0.3) is 10.0 Å². The molecule has 1 heterocycles. The van der Waals surface area contributed by atoms with E-state index >= 15 is 0 Å². The molecule has 6 heteroatoms. The molecule has 0 radical (unpaired) electrons. The number of hydrogen-bond acceptors (Lipinski definition) is 3. The maximum Gasteiger partial charge on any atom is 0.251 e. The summed E-state index contributed by atoms with van der Waals surface area (Å²) in [5, 5.41) is 0. The molecule has 0 aliphatic rings. The molecule has 0 unspecified atom stereocenters. The molecule has 1 rings (SSSR count). The molecule has 0 atom stereocenters. The van der Waals surface area contributed by atoms with Crippen LogP contribution in [0.5, 0.6) is 0 Å². The Bertz CT molecular complexity index is 397. The lowest BCUT2D eigenvalue weighted by Crippen LogP contribution is -2.22. The molecule has 13 heavy (non-hydrogen) atoms. The highest BCUT2D eigenvalue weighted by Gasteiger charge is 2.18. The van der Waals surface area contributed by atoms with Crippen LogP contribution in [0.2, 0.25) is 0 Å². The van der Waals surface area contributed by atoms with Crippen molar-refractivity contribution in [1.82, 2.24) is 4.72 Å². The Morgan fingerprint density at radius 3 is 2.62 bits per heavy atom. The third kappa shape index (κ3) is 2.52.